The van der Waals surface area contributed by atoms with E-state index < -0.39 is 0 Å². The summed E-state index contributed by atoms with van der Waals surface area (Å²) < 4.78 is 16.0. The predicted octanol–water partition coefficient (Wildman–Crippen LogP) is 3.44. The Labute approximate surface area is 142 Å². The highest BCUT2D eigenvalue weighted by Crippen LogP contribution is 2.27. The van der Waals surface area contributed by atoms with Crippen LogP contribution in [0.15, 0.2) is 42.5 Å². The van der Waals surface area contributed by atoms with Gasteiger partial charge in [0.05, 0.1) is 14.2 Å². The number of aryl methyl sites for hydroxylation is 1. The van der Waals surface area contributed by atoms with E-state index in [1.165, 1.54) is 0 Å². The number of rotatable bonds is 7. The van der Waals surface area contributed by atoms with Gasteiger partial charge in [-0.15, -0.1) is 0 Å². The molecule has 2 aromatic rings. The average molecular weight is 329 g/mol. The van der Waals surface area contributed by atoms with E-state index in [-0.39, 0.29) is 12.5 Å². The van der Waals surface area contributed by atoms with Gasteiger partial charge in [-0.1, -0.05) is 12.1 Å². The lowest BCUT2D eigenvalue weighted by Gasteiger charge is -2.21. The normalized spacial score (nSPS) is 10.2. The molecule has 0 heterocycles. The number of anilines is 1. The maximum absolute atomic E-state index is 12.5. The molecule has 0 spiro atoms. The Morgan fingerprint density at radius 3 is 2.17 bits per heavy atom. The third-order valence-corrected chi connectivity index (χ3v) is 3.62. The molecular weight excluding hydrogens is 306 g/mol. The fraction of sp³-hybridized carbons (Fsp3) is 0.316. The lowest BCUT2D eigenvalue weighted by atomic mass is 10.2. The number of hydrogen-bond donors (Lipinski definition) is 0. The van der Waals surface area contributed by atoms with Crippen molar-refractivity contribution in [3.05, 3.63) is 48.0 Å². The Morgan fingerprint density at radius 2 is 1.62 bits per heavy atom. The summed E-state index contributed by atoms with van der Waals surface area (Å²) in [5.41, 5.74) is 1.98. The van der Waals surface area contributed by atoms with Crippen molar-refractivity contribution < 1.29 is 19.0 Å². The molecule has 0 radical (unpaired) electrons. The second-order valence-corrected chi connectivity index (χ2v) is 5.31. The number of carbonyl (C=O) groups excluding carboxylic acids is 1. The van der Waals surface area contributed by atoms with Gasteiger partial charge in [-0.25, -0.2) is 0 Å². The van der Waals surface area contributed by atoms with Gasteiger partial charge >= 0.3 is 0 Å². The van der Waals surface area contributed by atoms with Crippen LogP contribution in [0, 0.1) is 6.92 Å². The van der Waals surface area contributed by atoms with Gasteiger partial charge in [0.1, 0.15) is 17.2 Å². The number of likely N-dealkylation sites (N-methyl/N-ethyl adjacent to an activating group) is 1. The first-order valence-corrected chi connectivity index (χ1v) is 7.80. The average Bonchev–Trinajstić information content (AvgIpc) is 2.60. The topological polar surface area (TPSA) is 48.0 Å². The highest BCUT2D eigenvalue weighted by atomic mass is 16.5. The van der Waals surface area contributed by atoms with Crippen LogP contribution in [0.25, 0.3) is 0 Å². The number of benzene rings is 2. The number of methoxy groups -OCH3 is 2. The van der Waals surface area contributed by atoms with Crippen LogP contribution in [0.1, 0.15) is 12.5 Å². The van der Waals surface area contributed by atoms with Gasteiger partial charge in [-0.2, -0.15) is 0 Å². The molecule has 2 aromatic carbocycles. The second-order valence-electron chi connectivity index (χ2n) is 5.31. The Hall–Kier alpha value is -2.69. The third-order valence-electron chi connectivity index (χ3n) is 3.62. The van der Waals surface area contributed by atoms with Gasteiger partial charge in [0.2, 0.25) is 0 Å². The highest BCUT2D eigenvalue weighted by molar-refractivity contribution is 5.94. The molecular formula is C19H23NO4. The Bertz CT molecular complexity index is 677. The van der Waals surface area contributed by atoms with Crippen LogP contribution in [0.4, 0.5) is 5.69 Å². The van der Waals surface area contributed by atoms with Gasteiger partial charge in [0.25, 0.3) is 5.91 Å². The molecule has 128 valence electrons. The molecule has 0 saturated carbocycles. The predicted molar refractivity (Wildman–Crippen MR) is 94.2 cm³/mol. The monoisotopic (exact) mass is 329 g/mol. The minimum atomic E-state index is -0.107. The van der Waals surface area contributed by atoms with Crippen molar-refractivity contribution in [3.63, 3.8) is 0 Å². The molecule has 0 aromatic heterocycles. The summed E-state index contributed by atoms with van der Waals surface area (Å²) in [7, 11) is 3.14. The van der Waals surface area contributed by atoms with Crippen LogP contribution in [-0.2, 0) is 4.79 Å². The number of carbonyl (C=O) groups is 1. The summed E-state index contributed by atoms with van der Waals surface area (Å²) in [6.45, 7) is 4.46. The lowest BCUT2D eigenvalue weighted by Crippen LogP contribution is -2.34. The lowest BCUT2D eigenvalue weighted by molar-refractivity contribution is -0.120. The van der Waals surface area contributed by atoms with Gasteiger partial charge in [0, 0.05) is 30.4 Å². The minimum Gasteiger partial charge on any atom is -0.496 e. The van der Waals surface area contributed by atoms with Gasteiger partial charge in [0.15, 0.2) is 6.61 Å². The van der Waals surface area contributed by atoms with E-state index >= 15 is 0 Å². The Balaban J connectivity index is 2.09. The maximum Gasteiger partial charge on any atom is 0.264 e. The summed E-state index contributed by atoms with van der Waals surface area (Å²) in [5, 5.41) is 0. The zero-order chi connectivity index (χ0) is 17.5. The number of nitrogens with zero attached hydrogens (tertiary/aromatic N) is 1. The molecule has 0 atom stereocenters. The zero-order valence-corrected chi connectivity index (χ0v) is 14.5. The smallest absolute Gasteiger partial charge is 0.264 e. The van der Waals surface area contributed by atoms with Crippen LogP contribution in [0.5, 0.6) is 17.2 Å². The maximum atomic E-state index is 12.5. The van der Waals surface area contributed by atoms with Crippen molar-refractivity contribution in [1.29, 1.82) is 0 Å². The summed E-state index contributed by atoms with van der Waals surface area (Å²) in [4.78, 5) is 14.2. The molecule has 0 N–H and O–H groups in total. The number of ether oxygens (including phenoxy) is 3. The van der Waals surface area contributed by atoms with Crippen molar-refractivity contribution >= 4 is 11.6 Å². The van der Waals surface area contributed by atoms with Gasteiger partial charge in [-0.05, 0) is 31.5 Å². The first-order chi connectivity index (χ1) is 11.6. The van der Waals surface area contributed by atoms with Gasteiger partial charge < -0.3 is 19.1 Å². The van der Waals surface area contributed by atoms with Crippen LogP contribution >= 0.6 is 0 Å². The van der Waals surface area contributed by atoms with Crippen molar-refractivity contribution in [2.75, 3.05) is 32.3 Å². The number of amides is 1. The van der Waals surface area contributed by atoms with E-state index in [0.717, 1.165) is 11.3 Å². The van der Waals surface area contributed by atoms with E-state index in [1.54, 1.807) is 37.3 Å². The van der Waals surface area contributed by atoms with E-state index in [9.17, 15) is 4.79 Å². The fourth-order valence-corrected chi connectivity index (χ4v) is 2.39. The van der Waals surface area contributed by atoms with E-state index in [0.29, 0.717) is 23.8 Å². The standard InChI is InChI=1S/C19H23NO4/c1-5-20(15-8-6-7-14(2)9-15)19(21)13-24-18-11-16(22-3)10-17(12-18)23-4/h6-12H,5,13H2,1-4H3. The largest absolute Gasteiger partial charge is 0.496 e. The van der Waals surface area contributed by atoms with Crippen LogP contribution < -0.4 is 19.1 Å². The molecule has 0 unspecified atom stereocenters. The van der Waals surface area contributed by atoms with E-state index in [4.69, 9.17) is 14.2 Å². The van der Waals surface area contributed by atoms with Crippen molar-refractivity contribution in [1.82, 2.24) is 0 Å². The van der Waals surface area contributed by atoms with Crippen molar-refractivity contribution in [2.24, 2.45) is 0 Å². The second kappa shape index (κ2) is 8.24. The summed E-state index contributed by atoms with van der Waals surface area (Å²) in [6, 6.07) is 13.0. The molecule has 2 rings (SSSR count). The molecule has 0 fully saturated rings. The third kappa shape index (κ3) is 4.41. The van der Waals surface area contributed by atoms with Gasteiger partial charge in [-0.3, -0.25) is 4.79 Å². The molecule has 5 nitrogen and oxygen atoms in total. The molecule has 0 aliphatic rings. The summed E-state index contributed by atoms with van der Waals surface area (Å²) in [5.74, 6) is 1.65. The first kappa shape index (κ1) is 17.7. The highest BCUT2D eigenvalue weighted by Gasteiger charge is 2.15. The molecule has 0 aliphatic heterocycles. The molecule has 0 bridgehead atoms. The van der Waals surface area contributed by atoms with E-state index in [1.807, 2.05) is 38.1 Å². The van der Waals surface area contributed by atoms with Crippen LogP contribution in [0.2, 0.25) is 0 Å². The summed E-state index contributed by atoms with van der Waals surface area (Å²) in [6.07, 6.45) is 0. The molecule has 24 heavy (non-hydrogen) atoms. The first-order valence-electron chi connectivity index (χ1n) is 7.80. The molecule has 0 saturated heterocycles. The van der Waals surface area contributed by atoms with E-state index in [2.05, 4.69) is 0 Å². The SMILES string of the molecule is CCN(C(=O)COc1cc(OC)cc(OC)c1)c1cccc(C)c1. The van der Waals surface area contributed by atoms with Crippen LogP contribution in [-0.4, -0.2) is 33.3 Å². The minimum absolute atomic E-state index is 0.0574. The quantitative estimate of drug-likeness (QED) is 0.781. The summed E-state index contributed by atoms with van der Waals surface area (Å²) >= 11 is 0. The van der Waals surface area contributed by atoms with Crippen molar-refractivity contribution in [3.8, 4) is 17.2 Å². The molecule has 0 aliphatic carbocycles. The van der Waals surface area contributed by atoms with Crippen LogP contribution in [0.3, 0.4) is 0 Å². The molecule has 5 heteroatoms. The zero-order valence-electron chi connectivity index (χ0n) is 14.5. The fourth-order valence-electron chi connectivity index (χ4n) is 2.39. The number of hydrogen-bond acceptors (Lipinski definition) is 4. The molecule has 1 amide bonds. The Morgan fingerprint density at radius 1 is 1.00 bits per heavy atom. The van der Waals surface area contributed by atoms with Crippen molar-refractivity contribution in [2.45, 2.75) is 13.8 Å². The Kier molecular flexibility index (Phi) is 6.07.